The van der Waals surface area contributed by atoms with Crippen molar-refractivity contribution in [3.63, 3.8) is 0 Å². The average molecular weight is 407 g/mol. The van der Waals surface area contributed by atoms with Crippen LogP contribution in [0.3, 0.4) is 0 Å². The monoisotopic (exact) mass is 407 g/mol. The van der Waals surface area contributed by atoms with Crippen LogP contribution < -0.4 is 9.47 Å². The van der Waals surface area contributed by atoms with E-state index in [0.29, 0.717) is 31.1 Å². The quantitative estimate of drug-likeness (QED) is 0.668. The molecule has 1 saturated heterocycles. The zero-order chi connectivity index (χ0) is 20.7. The third-order valence-corrected chi connectivity index (χ3v) is 6.29. The lowest BCUT2D eigenvalue weighted by atomic mass is 9.79. The van der Waals surface area contributed by atoms with Crippen molar-refractivity contribution in [2.24, 2.45) is 0 Å². The molecule has 4 heterocycles. The largest absolute Gasteiger partial charge is 0.493 e. The van der Waals surface area contributed by atoms with Crippen LogP contribution in [0.2, 0.25) is 0 Å². The second-order valence-electron chi connectivity index (χ2n) is 7.84. The van der Waals surface area contributed by atoms with Gasteiger partial charge < -0.3 is 23.5 Å². The normalized spacial score (nSPS) is 17.7. The first-order chi connectivity index (χ1) is 14.6. The minimum atomic E-state index is -0.386. The van der Waals surface area contributed by atoms with Crippen LogP contribution in [0.15, 0.2) is 42.7 Å². The van der Waals surface area contributed by atoms with Gasteiger partial charge in [-0.3, -0.25) is 4.79 Å². The van der Waals surface area contributed by atoms with E-state index in [1.807, 2.05) is 39.8 Å². The number of fused-ring (bicyclic) bond motifs is 3. The topological polar surface area (TPSA) is 65.3 Å². The third kappa shape index (κ3) is 3.01. The first-order valence-electron chi connectivity index (χ1n) is 10.3. The number of hydrogen-bond donors (Lipinski definition) is 0. The van der Waals surface area contributed by atoms with Gasteiger partial charge in [-0.1, -0.05) is 6.07 Å². The van der Waals surface area contributed by atoms with E-state index in [2.05, 4.69) is 11.1 Å². The number of methoxy groups -OCH3 is 2. The van der Waals surface area contributed by atoms with Crippen molar-refractivity contribution in [1.29, 1.82) is 0 Å². The van der Waals surface area contributed by atoms with Crippen LogP contribution in [0, 0.1) is 0 Å². The molecule has 0 N–H and O–H groups in total. The van der Waals surface area contributed by atoms with Gasteiger partial charge in [0.1, 0.15) is 11.3 Å². The number of imidazole rings is 1. The number of carbonyl (C=O) groups is 1. The van der Waals surface area contributed by atoms with Gasteiger partial charge in [0, 0.05) is 25.5 Å². The summed E-state index contributed by atoms with van der Waals surface area (Å²) in [6, 6.07) is 9.85. The van der Waals surface area contributed by atoms with E-state index in [4.69, 9.17) is 14.2 Å². The summed E-state index contributed by atoms with van der Waals surface area (Å²) in [5, 5.41) is 0. The Morgan fingerprint density at radius 3 is 2.63 bits per heavy atom. The smallest absolute Gasteiger partial charge is 0.274 e. The fourth-order valence-corrected chi connectivity index (χ4v) is 4.67. The molecule has 3 aromatic rings. The van der Waals surface area contributed by atoms with Crippen LogP contribution in [0.25, 0.3) is 5.65 Å². The van der Waals surface area contributed by atoms with Crippen LogP contribution in [0.4, 0.5) is 0 Å². The zero-order valence-corrected chi connectivity index (χ0v) is 17.3. The molecule has 1 spiro atoms. The Morgan fingerprint density at radius 2 is 1.90 bits per heavy atom. The highest BCUT2D eigenvalue weighted by molar-refractivity contribution is 5.93. The van der Waals surface area contributed by atoms with E-state index < -0.39 is 0 Å². The molecule has 1 fully saturated rings. The second-order valence-corrected chi connectivity index (χ2v) is 7.84. The lowest BCUT2D eigenvalue weighted by Crippen LogP contribution is -2.48. The van der Waals surface area contributed by atoms with Gasteiger partial charge in [0.15, 0.2) is 11.5 Å². The number of benzene rings is 1. The molecule has 0 unspecified atom stereocenters. The van der Waals surface area contributed by atoms with Gasteiger partial charge in [0.2, 0.25) is 0 Å². The maximum absolute atomic E-state index is 13.0. The molecule has 2 aromatic heterocycles. The summed E-state index contributed by atoms with van der Waals surface area (Å²) in [4.78, 5) is 19.4. The Labute approximate surface area is 175 Å². The van der Waals surface area contributed by atoms with Gasteiger partial charge in [0.05, 0.1) is 26.4 Å². The van der Waals surface area contributed by atoms with Crippen molar-refractivity contribution in [3.05, 3.63) is 59.5 Å². The Morgan fingerprint density at radius 1 is 1.13 bits per heavy atom. The Hall–Kier alpha value is -3.06. The van der Waals surface area contributed by atoms with Crippen molar-refractivity contribution in [1.82, 2.24) is 14.3 Å². The summed E-state index contributed by atoms with van der Waals surface area (Å²) in [6.07, 6.45) is 6.04. The van der Waals surface area contributed by atoms with Gasteiger partial charge in [-0.2, -0.15) is 0 Å². The number of carbonyl (C=O) groups excluding carboxylic acids is 1. The average Bonchev–Trinajstić information content (AvgIpc) is 3.23. The van der Waals surface area contributed by atoms with Gasteiger partial charge in [-0.05, 0) is 54.7 Å². The van der Waals surface area contributed by atoms with Crippen molar-refractivity contribution >= 4 is 11.6 Å². The van der Waals surface area contributed by atoms with Gasteiger partial charge in [-0.25, -0.2) is 4.98 Å². The summed E-state index contributed by atoms with van der Waals surface area (Å²) < 4.78 is 19.2. The number of pyridine rings is 1. The number of amides is 1. The van der Waals surface area contributed by atoms with Gasteiger partial charge in [0.25, 0.3) is 5.91 Å². The number of aromatic nitrogens is 2. The predicted octanol–water partition coefficient (Wildman–Crippen LogP) is 3.06. The van der Waals surface area contributed by atoms with Crippen molar-refractivity contribution in [3.8, 4) is 11.5 Å². The Kier molecular flexibility index (Phi) is 4.62. The fourth-order valence-electron chi connectivity index (χ4n) is 4.67. The summed E-state index contributed by atoms with van der Waals surface area (Å²) in [7, 11) is 3.31. The molecule has 0 atom stereocenters. The van der Waals surface area contributed by atoms with Crippen LogP contribution in [0.1, 0.15) is 34.5 Å². The summed E-state index contributed by atoms with van der Waals surface area (Å²) in [5.41, 5.74) is 3.27. The Balaban J connectivity index is 1.38. The number of likely N-dealkylation sites (tertiary alicyclic amines) is 1. The molecule has 2 aliphatic heterocycles. The summed E-state index contributed by atoms with van der Waals surface area (Å²) in [6.45, 7) is 1.92. The van der Waals surface area contributed by atoms with Crippen LogP contribution >= 0.6 is 0 Å². The van der Waals surface area contributed by atoms with Crippen molar-refractivity contribution < 1.29 is 19.0 Å². The standard InChI is InChI=1S/C23H25N3O4/c1-28-19-13-16-6-12-30-23(17(16)14-20(19)29-2)7-10-25(11-8-23)22(27)18-15-26-9-4-3-5-21(26)24-18/h3-5,9,13-15H,6-8,10-12H2,1-2H3. The number of hydrogen-bond acceptors (Lipinski definition) is 5. The van der Waals surface area contributed by atoms with Gasteiger partial charge >= 0.3 is 0 Å². The molecule has 0 bridgehead atoms. The minimum Gasteiger partial charge on any atom is -0.493 e. The summed E-state index contributed by atoms with van der Waals surface area (Å²) in [5.74, 6) is 1.42. The molecule has 2 aliphatic rings. The lowest BCUT2D eigenvalue weighted by molar-refractivity contribution is -0.0936. The fraction of sp³-hybridized carbons (Fsp3) is 0.391. The molecule has 1 amide bonds. The van der Waals surface area contributed by atoms with E-state index in [1.165, 1.54) is 5.56 Å². The van der Waals surface area contributed by atoms with Crippen LogP contribution in [0.5, 0.6) is 11.5 Å². The molecular weight excluding hydrogens is 382 g/mol. The summed E-state index contributed by atoms with van der Waals surface area (Å²) >= 11 is 0. The lowest BCUT2D eigenvalue weighted by Gasteiger charge is -2.45. The number of piperidine rings is 1. The van der Waals surface area contributed by atoms with Crippen LogP contribution in [-0.4, -0.2) is 54.1 Å². The molecular formula is C23H25N3O4. The highest BCUT2D eigenvalue weighted by Gasteiger charge is 2.42. The molecule has 1 aromatic carbocycles. The molecule has 0 aliphatic carbocycles. The number of rotatable bonds is 3. The van der Waals surface area contributed by atoms with E-state index in [-0.39, 0.29) is 11.5 Å². The van der Waals surface area contributed by atoms with Crippen molar-refractivity contribution in [2.75, 3.05) is 33.9 Å². The molecule has 156 valence electrons. The molecule has 0 radical (unpaired) electrons. The van der Waals surface area contributed by atoms with E-state index in [0.717, 1.165) is 36.2 Å². The van der Waals surface area contributed by atoms with Crippen LogP contribution in [-0.2, 0) is 16.8 Å². The molecule has 30 heavy (non-hydrogen) atoms. The van der Waals surface area contributed by atoms with E-state index in [9.17, 15) is 4.79 Å². The SMILES string of the molecule is COc1cc2c(cc1OC)C1(CCN(C(=O)c3cn4ccccc4n3)CC1)OCC2. The Bertz CT molecular complexity index is 1070. The molecule has 5 rings (SSSR count). The van der Waals surface area contributed by atoms with E-state index >= 15 is 0 Å². The molecule has 7 heteroatoms. The maximum Gasteiger partial charge on any atom is 0.274 e. The highest BCUT2D eigenvalue weighted by Crippen LogP contribution is 2.45. The highest BCUT2D eigenvalue weighted by atomic mass is 16.5. The first kappa shape index (κ1) is 18.9. The number of ether oxygens (including phenoxy) is 3. The molecule has 0 saturated carbocycles. The van der Waals surface area contributed by atoms with E-state index in [1.54, 1.807) is 20.4 Å². The second kappa shape index (κ2) is 7.32. The minimum absolute atomic E-state index is 0.0307. The molecule has 7 nitrogen and oxygen atoms in total. The third-order valence-electron chi connectivity index (χ3n) is 6.29. The predicted molar refractivity (Wildman–Crippen MR) is 111 cm³/mol. The zero-order valence-electron chi connectivity index (χ0n) is 17.3. The first-order valence-corrected chi connectivity index (χ1v) is 10.3. The van der Waals surface area contributed by atoms with Gasteiger partial charge in [-0.15, -0.1) is 0 Å². The number of nitrogens with zero attached hydrogens (tertiary/aromatic N) is 3. The maximum atomic E-state index is 13.0. The van der Waals surface area contributed by atoms with Crippen molar-refractivity contribution in [2.45, 2.75) is 24.9 Å².